The number of aromatic nitrogens is 2. The van der Waals surface area contributed by atoms with E-state index in [1.807, 2.05) is 37.3 Å². The van der Waals surface area contributed by atoms with Crippen LogP contribution in [0.15, 0.2) is 60.7 Å². The van der Waals surface area contributed by atoms with E-state index in [1.54, 1.807) is 27.8 Å². The molecule has 1 fully saturated rings. The molecule has 0 aliphatic heterocycles. The SMILES string of the molecule is CCN(CC(=O)Nc1cc(-c2ccccc2)nn1-c1ccc(F)cc1)C(=O)C1CC1. The molecule has 1 heterocycles. The Morgan fingerprint density at radius 2 is 1.83 bits per heavy atom. The average Bonchev–Trinajstić information content (AvgIpc) is 3.53. The number of benzene rings is 2. The number of amides is 2. The maximum atomic E-state index is 13.4. The van der Waals surface area contributed by atoms with Crippen LogP contribution in [0.2, 0.25) is 0 Å². The second kappa shape index (κ2) is 8.49. The van der Waals surface area contributed by atoms with E-state index in [9.17, 15) is 14.0 Å². The lowest BCUT2D eigenvalue weighted by Crippen LogP contribution is -2.38. The molecule has 0 atom stereocenters. The molecule has 6 nitrogen and oxygen atoms in total. The second-order valence-electron chi connectivity index (χ2n) is 7.34. The van der Waals surface area contributed by atoms with Gasteiger partial charge in [-0.2, -0.15) is 5.10 Å². The van der Waals surface area contributed by atoms with Gasteiger partial charge in [0, 0.05) is 24.1 Å². The number of halogens is 1. The van der Waals surface area contributed by atoms with Gasteiger partial charge in [0.15, 0.2) is 0 Å². The third kappa shape index (κ3) is 4.40. The third-order valence-electron chi connectivity index (χ3n) is 5.07. The Labute approximate surface area is 174 Å². The van der Waals surface area contributed by atoms with Gasteiger partial charge in [0.1, 0.15) is 11.6 Å². The summed E-state index contributed by atoms with van der Waals surface area (Å²) in [6, 6.07) is 17.3. The van der Waals surface area contributed by atoms with Gasteiger partial charge in [-0.3, -0.25) is 9.59 Å². The first-order chi connectivity index (χ1) is 14.5. The van der Waals surface area contributed by atoms with Gasteiger partial charge < -0.3 is 10.2 Å². The van der Waals surface area contributed by atoms with Gasteiger partial charge in [-0.25, -0.2) is 9.07 Å². The van der Waals surface area contributed by atoms with Crippen LogP contribution in [0, 0.1) is 11.7 Å². The Morgan fingerprint density at radius 3 is 2.47 bits per heavy atom. The minimum absolute atomic E-state index is 0.0128. The zero-order valence-electron chi connectivity index (χ0n) is 16.7. The molecule has 0 spiro atoms. The molecule has 0 saturated heterocycles. The van der Waals surface area contributed by atoms with E-state index in [1.165, 1.54) is 12.1 Å². The molecule has 0 bridgehead atoms. The average molecular weight is 406 g/mol. The molecular formula is C23H23FN4O2. The summed E-state index contributed by atoms with van der Waals surface area (Å²) in [5.41, 5.74) is 2.19. The van der Waals surface area contributed by atoms with Crippen LogP contribution in [0.1, 0.15) is 19.8 Å². The predicted octanol–water partition coefficient (Wildman–Crippen LogP) is 3.88. The highest BCUT2D eigenvalue weighted by molar-refractivity contribution is 5.95. The molecule has 2 aromatic carbocycles. The molecule has 4 rings (SSSR count). The van der Waals surface area contributed by atoms with Crippen LogP contribution in [0.5, 0.6) is 0 Å². The van der Waals surface area contributed by atoms with Crippen molar-refractivity contribution >= 4 is 17.6 Å². The van der Waals surface area contributed by atoms with E-state index >= 15 is 0 Å². The quantitative estimate of drug-likeness (QED) is 0.648. The smallest absolute Gasteiger partial charge is 0.245 e. The van der Waals surface area contributed by atoms with Gasteiger partial charge in [0.2, 0.25) is 11.8 Å². The maximum Gasteiger partial charge on any atom is 0.245 e. The zero-order chi connectivity index (χ0) is 21.1. The fraction of sp³-hybridized carbons (Fsp3) is 0.261. The summed E-state index contributed by atoms with van der Waals surface area (Å²) in [6.45, 7) is 2.33. The number of anilines is 1. The monoisotopic (exact) mass is 406 g/mol. The first kappa shape index (κ1) is 19.8. The first-order valence-corrected chi connectivity index (χ1v) is 10.0. The van der Waals surface area contributed by atoms with Crippen molar-refractivity contribution in [3.63, 3.8) is 0 Å². The molecule has 1 saturated carbocycles. The maximum absolute atomic E-state index is 13.4. The van der Waals surface area contributed by atoms with Crippen molar-refractivity contribution in [3.8, 4) is 16.9 Å². The van der Waals surface area contributed by atoms with Crippen molar-refractivity contribution in [3.05, 3.63) is 66.5 Å². The Balaban J connectivity index is 1.60. The summed E-state index contributed by atoms with van der Waals surface area (Å²) in [6.07, 6.45) is 1.80. The van der Waals surface area contributed by atoms with Crippen LogP contribution in [0.4, 0.5) is 10.2 Å². The number of hydrogen-bond donors (Lipinski definition) is 1. The van der Waals surface area contributed by atoms with Crippen molar-refractivity contribution < 1.29 is 14.0 Å². The van der Waals surface area contributed by atoms with Gasteiger partial charge in [-0.1, -0.05) is 30.3 Å². The summed E-state index contributed by atoms with van der Waals surface area (Å²) in [7, 11) is 0. The Hall–Kier alpha value is -3.48. The van der Waals surface area contributed by atoms with Crippen LogP contribution in [-0.2, 0) is 9.59 Å². The zero-order valence-corrected chi connectivity index (χ0v) is 16.7. The van der Waals surface area contributed by atoms with E-state index in [-0.39, 0.29) is 30.1 Å². The largest absolute Gasteiger partial charge is 0.333 e. The van der Waals surface area contributed by atoms with Gasteiger partial charge in [-0.15, -0.1) is 0 Å². The van der Waals surface area contributed by atoms with E-state index in [0.29, 0.717) is 23.7 Å². The standard InChI is InChI=1S/C23H23FN4O2/c1-2-27(23(30)17-8-9-17)15-22(29)25-21-14-20(16-6-4-3-5-7-16)26-28(21)19-12-10-18(24)11-13-19/h3-7,10-14,17H,2,8-9,15H2,1H3,(H,25,29). The number of carbonyl (C=O) groups is 2. The molecule has 154 valence electrons. The number of likely N-dealkylation sites (N-methyl/N-ethyl adjacent to an activating group) is 1. The highest BCUT2D eigenvalue weighted by Gasteiger charge is 2.33. The van der Waals surface area contributed by atoms with Crippen molar-refractivity contribution in [2.45, 2.75) is 19.8 Å². The van der Waals surface area contributed by atoms with Crippen molar-refractivity contribution in [1.29, 1.82) is 0 Å². The van der Waals surface area contributed by atoms with Crippen LogP contribution >= 0.6 is 0 Å². The molecule has 7 heteroatoms. The Bertz CT molecular complexity index is 1040. The van der Waals surface area contributed by atoms with E-state index < -0.39 is 0 Å². The van der Waals surface area contributed by atoms with Crippen LogP contribution in [-0.4, -0.2) is 39.6 Å². The molecule has 0 unspecified atom stereocenters. The summed E-state index contributed by atoms with van der Waals surface area (Å²) < 4.78 is 14.9. The minimum atomic E-state index is -0.350. The van der Waals surface area contributed by atoms with E-state index in [4.69, 9.17) is 0 Å². The highest BCUT2D eigenvalue weighted by atomic mass is 19.1. The fourth-order valence-corrected chi connectivity index (χ4v) is 3.29. The van der Waals surface area contributed by atoms with Gasteiger partial charge >= 0.3 is 0 Å². The molecule has 30 heavy (non-hydrogen) atoms. The topological polar surface area (TPSA) is 67.2 Å². The fourth-order valence-electron chi connectivity index (χ4n) is 3.29. The van der Waals surface area contributed by atoms with Crippen molar-refractivity contribution in [2.24, 2.45) is 5.92 Å². The van der Waals surface area contributed by atoms with Gasteiger partial charge in [0.05, 0.1) is 17.9 Å². The van der Waals surface area contributed by atoms with Crippen LogP contribution in [0.3, 0.4) is 0 Å². The third-order valence-corrected chi connectivity index (χ3v) is 5.07. The number of nitrogens with one attached hydrogen (secondary N) is 1. The molecule has 1 aliphatic carbocycles. The molecular weight excluding hydrogens is 383 g/mol. The Kier molecular flexibility index (Phi) is 5.61. The van der Waals surface area contributed by atoms with Crippen LogP contribution in [0.25, 0.3) is 16.9 Å². The highest BCUT2D eigenvalue weighted by Crippen LogP contribution is 2.31. The number of carbonyl (C=O) groups excluding carboxylic acids is 2. The molecule has 1 aliphatic rings. The van der Waals surface area contributed by atoms with Gasteiger partial charge in [0.25, 0.3) is 0 Å². The van der Waals surface area contributed by atoms with Gasteiger partial charge in [-0.05, 0) is 44.0 Å². The summed E-state index contributed by atoms with van der Waals surface area (Å²) >= 11 is 0. The summed E-state index contributed by atoms with van der Waals surface area (Å²) in [4.78, 5) is 26.6. The summed E-state index contributed by atoms with van der Waals surface area (Å²) in [5.74, 6) is -0.0945. The molecule has 3 aromatic rings. The predicted molar refractivity (Wildman–Crippen MR) is 113 cm³/mol. The van der Waals surface area contributed by atoms with E-state index in [2.05, 4.69) is 10.4 Å². The molecule has 1 N–H and O–H groups in total. The lowest BCUT2D eigenvalue weighted by atomic mass is 10.1. The van der Waals surface area contributed by atoms with Crippen molar-refractivity contribution in [1.82, 2.24) is 14.7 Å². The molecule has 1 aromatic heterocycles. The van der Waals surface area contributed by atoms with E-state index in [0.717, 1.165) is 18.4 Å². The lowest BCUT2D eigenvalue weighted by Gasteiger charge is -2.20. The molecule has 0 radical (unpaired) electrons. The summed E-state index contributed by atoms with van der Waals surface area (Å²) in [5, 5.41) is 7.47. The minimum Gasteiger partial charge on any atom is -0.333 e. The lowest BCUT2D eigenvalue weighted by molar-refractivity contribution is -0.135. The second-order valence-corrected chi connectivity index (χ2v) is 7.34. The normalized spacial score (nSPS) is 13.1. The van der Waals surface area contributed by atoms with Crippen molar-refractivity contribution in [2.75, 3.05) is 18.4 Å². The number of nitrogens with zero attached hydrogens (tertiary/aromatic N) is 3. The number of hydrogen-bond acceptors (Lipinski definition) is 3. The van der Waals surface area contributed by atoms with Crippen LogP contribution < -0.4 is 5.32 Å². The molecule has 2 amide bonds. The first-order valence-electron chi connectivity index (χ1n) is 10.0. The Morgan fingerprint density at radius 1 is 1.13 bits per heavy atom. The number of rotatable bonds is 7.